The van der Waals surface area contributed by atoms with Crippen LogP contribution in [-0.4, -0.2) is 103 Å². The molecule has 2 saturated heterocycles. The topological polar surface area (TPSA) is 190 Å². The molecule has 0 spiro atoms. The predicted molar refractivity (Wildman–Crippen MR) is 189 cm³/mol. The Kier molecular flexibility index (Phi) is 11.6. The van der Waals surface area contributed by atoms with Gasteiger partial charge in [-0.1, -0.05) is 36.4 Å². The molecule has 52 heavy (non-hydrogen) atoms. The van der Waals surface area contributed by atoms with Crippen molar-refractivity contribution >= 4 is 17.5 Å². The average molecular weight is 718 g/mol. The standard InChI is InChI=1S/C28H26N2O6.C11H21NO4/c1-36-20-4-2-3-18-21(20)27(34)23-22(25(18)32)26(33)19-11-16(9-10-17(19)24(23)31)28(35)30-13-15-7-5-14(12-29)6-8-15;1-8-11(13)9(3-5-15-8)12-4-6-16-10(7-12)14-2/h2-8,16,31,33H,9-13,29H2,1H3,(H,30,35);8-11,13H,3-7H2,1-2H3. The third-order valence-corrected chi connectivity index (χ3v) is 10.6. The SMILES string of the molecule is COC1CN(C2CCOC(C)C2O)CCO1.COc1cccc2c1C(=O)c1c(O)c3c(c(O)c1C2=O)CC(C(=O)NCc1ccc(CN)cc1)CC3. The van der Waals surface area contributed by atoms with Gasteiger partial charge in [-0.2, -0.15) is 0 Å². The van der Waals surface area contributed by atoms with Crippen LogP contribution in [0.15, 0.2) is 42.5 Å². The number of morpholine rings is 1. The van der Waals surface area contributed by atoms with Gasteiger partial charge in [0.15, 0.2) is 12.1 Å². The predicted octanol–water partition coefficient (Wildman–Crippen LogP) is 2.59. The molecule has 13 heteroatoms. The zero-order chi connectivity index (χ0) is 37.1. The number of ether oxygens (including phenoxy) is 4. The Labute approximate surface area is 302 Å². The number of ketones is 2. The van der Waals surface area contributed by atoms with Crippen molar-refractivity contribution in [3.05, 3.63) is 87.0 Å². The lowest BCUT2D eigenvalue weighted by molar-refractivity contribution is -0.190. The fourth-order valence-electron chi connectivity index (χ4n) is 7.59. The average Bonchev–Trinajstić information content (AvgIpc) is 3.18. The monoisotopic (exact) mass is 717 g/mol. The van der Waals surface area contributed by atoms with Gasteiger partial charge in [0.2, 0.25) is 11.7 Å². The number of rotatable bonds is 7. The van der Waals surface area contributed by atoms with Gasteiger partial charge in [0.1, 0.15) is 17.2 Å². The summed E-state index contributed by atoms with van der Waals surface area (Å²) in [4.78, 5) is 41.9. The quantitative estimate of drug-likeness (QED) is 0.176. The Morgan fingerprint density at radius 3 is 2.37 bits per heavy atom. The number of nitrogens with two attached hydrogens (primary N) is 1. The Bertz CT molecular complexity index is 1810. The first-order valence-electron chi connectivity index (χ1n) is 17.7. The van der Waals surface area contributed by atoms with Crippen LogP contribution >= 0.6 is 0 Å². The second-order valence-electron chi connectivity index (χ2n) is 13.6. The number of carbonyl (C=O) groups excluding carboxylic acids is 3. The molecule has 4 aliphatic rings. The molecule has 2 aliphatic heterocycles. The first-order chi connectivity index (χ1) is 25.1. The minimum atomic E-state index is -0.576. The molecule has 5 atom stereocenters. The summed E-state index contributed by atoms with van der Waals surface area (Å²) >= 11 is 0. The fourth-order valence-corrected chi connectivity index (χ4v) is 7.59. The normalized spacial score (nSPS) is 24.1. The third kappa shape index (κ3) is 7.29. The summed E-state index contributed by atoms with van der Waals surface area (Å²) in [6, 6.07) is 12.5. The molecule has 0 radical (unpaired) electrons. The molecule has 0 bridgehead atoms. The van der Waals surface area contributed by atoms with Crippen LogP contribution in [0.5, 0.6) is 17.2 Å². The highest BCUT2D eigenvalue weighted by molar-refractivity contribution is 6.31. The van der Waals surface area contributed by atoms with Crippen molar-refractivity contribution in [3.63, 3.8) is 0 Å². The fraction of sp³-hybridized carbons (Fsp3) is 0.462. The number of hydrogen-bond donors (Lipinski definition) is 5. The summed E-state index contributed by atoms with van der Waals surface area (Å²) in [5.41, 5.74) is 8.02. The van der Waals surface area contributed by atoms with Gasteiger partial charge >= 0.3 is 0 Å². The first-order valence-corrected chi connectivity index (χ1v) is 17.7. The summed E-state index contributed by atoms with van der Waals surface area (Å²) in [5.74, 6) is -2.22. The van der Waals surface area contributed by atoms with Gasteiger partial charge in [0, 0.05) is 68.5 Å². The Morgan fingerprint density at radius 2 is 1.65 bits per heavy atom. The molecule has 2 fully saturated rings. The van der Waals surface area contributed by atoms with Crippen molar-refractivity contribution in [1.29, 1.82) is 0 Å². The molecule has 7 rings (SSSR count). The number of amides is 1. The second kappa shape index (κ2) is 16.1. The van der Waals surface area contributed by atoms with Gasteiger partial charge in [0.05, 0.1) is 42.6 Å². The van der Waals surface area contributed by atoms with Crippen LogP contribution in [0, 0.1) is 5.92 Å². The maximum Gasteiger partial charge on any atom is 0.223 e. The molecule has 2 heterocycles. The van der Waals surface area contributed by atoms with Gasteiger partial charge in [0.25, 0.3) is 0 Å². The number of hydrogen-bond acceptors (Lipinski definition) is 12. The molecule has 278 valence electrons. The van der Waals surface area contributed by atoms with Gasteiger partial charge in [-0.3, -0.25) is 19.3 Å². The molecule has 0 saturated carbocycles. The van der Waals surface area contributed by atoms with Crippen molar-refractivity contribution < 1.29 is 48.7 Å². The van der Waals surface area contributed by atoms with E-state index in [2.05, 4.69) is 10.2 Å². The summed E-state index contributed by atoms with van der Waals surface area (Å²) in [6.07, 6.45) is 1.07. The second-order valence-corrected chi connectivity index (χ2v) is 13.6. The van der Waals surface area contributed by atoms with Crippen molar-refractivity contribution in [2.24, 2.45) is 11.7 Å². The van der Waals surface area contributed by atoms with E-state index in [0.717, 1.165) is 37.2 Å². The first kappa shape index (κ1) is 37.4. The number of phenolic OH excluding ortho intramolecular Hbond substituents is 2. The van der Waals surface area contributed by atoms with Crippen molar-refractivity contribution in [2.45, 2.75) is 70.2 Å². The number of aliphatic hydroxyl groups is 1. The molecule has 3 aromatic carbocycles. The van der Waals surface area contributed by atoms with Gasteiger partial charge in [-0.05, 0) is 49.8 Å². The lowest BCUT2D eigenvalue weighted by Gasteiger charge is -2.43. The molecule has 5 unspecified atom stereocenters. The summed E-state index contributed by atoms with van der Waals surface area (Å²) < 4.78 is 21.3. The van der Waals surface area contributed by atoms with Crippen LogP contribution in [-0.2, 0) is 44.9 Å². The molecule has 0 aromatic heterocycles. The van der Waals surface area contributed by atoms with Gasteiger partial charge in [-0.15, -0.1) is 0 Å². The number of phenols is 2. The van der Waals surface area contributed by atoms with E-state index in [-0.39, 0.29) is 76.7 Å². The van der Waals surface area contributed by atoms with Crippen LogP contribution < -0.4 is 15.8 Å². The summed E-state index contributed by atoms with van der Waals surface area (Å²) in [6.45, 7) is 5.68. The van der Waals surface area contributed by atoms with Crippen LogP contribution in [0.1, 0.15) is 73.9 Å². The van der Waals surface area contributed by atoms with Crippen LogP contribution in [0.2, 0.25) is 0 Å². The third-order valence-electron chi connectivity index (χ3n) is 10.6. The number of aliphatic hydroxyl groups excluding tert-OH is 1. The van der Waals surface area contributed by atoms with Crippen LogP contribution in [0.4, 0.5) is 0 Å². The minimum absolute atomic E-state index is 0.0692. The summed E-state index contributed by atoms with van der Waals surface area (Å²) in [5, 5.41) is 35.2. The number of carbonyl (C=O) groups is 3. The molecular weight excluding hydrogens is 670 g/mol. The van der Waals surface area contributed by atoms with Crippen LogP contribution in [0.25, 0.3) is 0 Å². The highest BCUT2D eigenvalue weighted by Crippen LogP contribution is 2.47. The Hall–Kier alpha value is -4.37. The van der Waals surface area contributed by atoms with Crippen molar-refractivity contribution in [1.82, 2.24) is 10.2 Å². The highest BCUT2D eigenvalue weighted by atomic mass is 16.7. The van der Waals surface area contributed by atoms with E-state index in [1.54, 1.807) is 19.2 Å². The van der Waals surface area contributed by atoms with E-state index in [0.29, 0.717) is 37.2 Å². The minimum Gasteiger partial charge on any atom is -0.507 e. The lowest BCUT2D eigenvalue weighted by Crippen LogP contribution is -2.57. The van der Waals surface area contributed by atoms with Gasteiger partial charge in [-0.25, -0.2) is 0 Å². The van der Waals surface area contributed by atoms with E-state index in [4.69, 9.17) is 24.7 Å². The van der Waals surface area contributed by atoms with E-state index in [9.17, 15) is 29.7 Å². The molecule has 6 N–H and O–H groups in total. The number of methoxy groups -OCH3 is 2. The molecule has 1 amide bonds. The van der Waals surface area contributed by atoms with Crippen LogP contribution in [0.3, 0.4) is 0 Å². The number of nitrogens with one attached hydrogen (secondary N) is 1. The van der Waals surface area contributed by atoms with Gasteiger partial charge < -0.3 is 45.3 Å². The highest BCUT2D eigenvalue weighted by Gasteiger charge is 2.41. The Balaban J connectivity index is 0.000000242. The van der Waals surface area contributed by atoms with E-state index in [1.165, 1.54) is 13.2 Å². The van der Waals surface area contributed by atoms with E-state index >= 15 is 0 Å². The van der Waals surface area contributed by atoms with E-state index in [1.807, 2.05) is 31.2 Å². The number of fused-ring (bicyclic) bond motifs is 3. The molecular formula is C39H47N3O10. The largest absolute Gasteiger partial charge is 0.507 e. The maximum atomic E-state index is 13.4. The number of benzene rings is 3. The van der Waals surface area contributed by atoms with Crippen molar-refractivity contribution in [3.8, 4) is 17.2 Å². The number of aromatic hydroxyl groups is 2. The van der Waals surface area contributed by atoms with Crippen molar-refractivity contribution in [2.75, 3.05) is 40.5 Å². The molecule has 3 aromatic rings. The zero-order valence-corrected chi connectivity index (χ0v) is 29.7. The number of nitrogens with zero attached hydrogens (tertiary/aromatic N) is 1. The molecule has 2 aliphatic carbocycles. The maximum absolute atomic E-state index is 13.4. The smallest absolute Gasteiger partial charge is 0.223 e. The Morgan fingerprint density at radius 1 is 0.942 bits per heavy atom. The molecule has 13 nitrogen and oxygen atoms in total. The summed E-state index contributed by atoms with van der Waals surface area (Å²) in [7, 11) is 3.05. The lowest BCUT2D eigenvalue weighted by atomic mass is 9.75. The zero-order valence-electron chi connectivity index (χ0n) is 29.7. The van der Waals surface area contributed by atoms with E-state index < -0.39 is 23.6 Å².